The molecule has 1 aromatic rings. The van der Waals surface area contributed by atoms with Crippen LogP contribution in [-0.4, -0.2) is 13.2 Å². The van der Waals surface area contributed by atoms with Crippen molar-refractivity contribution in [1.29, 1.82) is 0 Å². The van der Waals surface area contributed by atoms with Crippen LogP contribution in [0.15, 0.2) is 18.7 Å². The number of fused-ring (bicyclic) bond motifs is 1. The average Bonchev–Trinajstić information content (AvgIpc) is 2.28. The van der Waals surface area contributed by atoms with Crippen molar-refractivity contribution in [2.75, 3.05) is 24.2 Å². The monoisotopic (exact) mass is 204 g/mol. The second-order valence-electron chi connectivity index (χ2n) is 3.67. The van der Waals surface area contributed by atoms with E-state index in [9.17, 15) is 0 Å². The Morgan fingerprint density at radius 2 is 2.40 bits per heavy atom. The molecular formula is C12H16N2O. The van der Waals surface area contributed by atoms with Crippen molar-refractivity contribution < 1.29 is 4.74 Å². The number of anilines is 2. The lowest BCUT2D eigenvalue weighted by atomic mass is 10.0. The maximum Gasteiger partial charge on any atom is 0.145 e. The third kappa shape index (κ3) is 1.77. The zero-order valence-electron chi connectivity index (χ0n) is 8.97. The van der Waals surface area contributed by atoms with Gasteiger partial charge in [-0.2, -0.15) is 0 Å². The van der Waals surface area contributed by atoms with Crippen molar-refractivity contribution in [3.63, 3.8) is 0 Å². The molecule has 0 bridgehead atoms. The first-order valence-corrected chi connectivity index (χ1v) is 5.20. The fourth-order valence-corrected chi connectivity index (χ4v) is 1.69. The van der Waals surface area contributed by atoms with Crippen LogP contribution in [0, 0.1) is 0 Å². The van der Waals surface area contributed by atoms with Crippen molar-refractivity contribution in [3.8, 4) is 5.75 Å². The normalized spacial score (nSPS) is 13.7. The van der Waals surface area contributed by atoms with E-state index in [1.807, 2.05) is 12.1 Å². The van der Waals surface area contributed by atoms with E-state index in [4.69, 9.17) is 10.5 Å². The summed E-state index contributed by atoms with van der Waals surface area (Å²) in [5.41, 5.74) is 9.74. The first-order valence-electron chi connectivity index (χ1n) is 5.20. The molecular weight excluding hydrogens is 188 g/mol. The lowest BCUT2D eigenvalue weighted by molar-refractivity contribution is 0.323. The minimum absolute atomic E-state index is 0.689. The Labute approximate surface area is 89.9 Å². The molecule has 0 amide bonds. The largest absolute Gasteiger partial charge is 0.489 e. The first kappa shape index (κ1) is 9.90. The zero-order chi connectivity index (χ0) is 10.8. The van der Waals surface area contributed by atoms with Crippen LogP contribution in [0.25, 0.3) is 5.57 Å². The van der Waals surface area contributed by atoms with Crippen LogP contribution in [0.3, 0.4) is 0 Å². The van der Waals surface area contributed by atoms with E-state index in [1.165, 1.54) is 0 Å². The Bertz CT molecular complexity index is 399. The minimum Gasteiger partial charge on any atom is -0.489 e. The molecule has 1 aromatic carbocycles. The Morgan fingerprint density at radius 1 is 1.60 bits per heavy atom. The molecule has 0 spiro atoms. The van der Waals surface area contributed by atoms with E-state index in [2.05, 4.69) is 18.8 Å². The van der Waals surface area contributed by atoms with Gasteiger partial charge in [0.15, 0.2) is 0 Å². The fourth-order valence-electron chi connectivity index (χ4n) is 1.69. The standard InChI is InChI=1S/C12H16N2O/c1-3-8(2)9-6-10(13)12-11(7-9)15-5-4-14-12/h6-7,14H,2-5,13H2,1H3. The van der Waals surface area contributed by atoms with Gasteiger partial charge in [0.2, 0.25) is 0 Å². The summed E-state index contributed by atoms with van der Waals surface area (Å²) in [7, 11) is 0. The van der Waals surface area contributed by atoms with Crippen molar-refractivity contribution in [2.24, 2.45) is 0 Å². The lowest BCUT2D eigenvalue weighted by Gasteiger charge is -2.22. The maximum absolute atomic E-state index is 5.95. The highest BCUT2D eigenvalue weighted by Crippen LogP contribution is 2.36. The number of hydrogen-bond donors (Lipinski definition) is 2. The molecule has 80 valence electrons. The summed E-state index contributed by atoms with van der Waals surface area (Å²) in [4.78, 5) is 0. The molecule has 3 nitrogen and oxygen atoms in total. The number of ether oxygens (including phenoxy) is 1. The van der Waals surface area contributed by atoms with E-state index < -0.39 is 0 Å². The van der Waals surface area contributed by atoms with Gasteiger partial charge in [0.1, 0.15) is 18.0 Å². The summed E-state index contributed by atoms with van der Waals surface area (Å²) in [6.45, 7) is 7.58. The van der Waals surface area contributed by atoms with Gasteiger partial charge >= 0.3 is 0 Å². The van der Waals surface area contributed by atoms with Gasteiger partial charge in [-0.05, 0) is 29.7 Å². The third-order valence-electron chi connectivity index (χ3n) is 2.63. The zero-order valence-corrected chi connectivity index (χ0v) is 8.97. The molecule has 0 unspecified atom stereocenters. The van der Waals surface area contributed by atoms with Gasteiger partial charge in [0, 0.05) is 6.54 Å². The molecule has 3 heteroatoms. The van der Waals surface area contributed by atoms with Gasteiger partial charge in [-0.3, -0.25) is 0 Å². The van der Waals surface area contributed by atoms with Crippen LogP contribution >= 0.6 is 0 Å². The van der Waals surface area contributed by atoms with E-state index in [1.54, 1.807) is 0 Å². The number of nitrogens with two attached hydrogens (primary N) is 1. The number of allylic oxidation sites excluding steroid dienone is 1. The van der Waals surface area contributed by atoms with Gasteiger partial charge in [-0.25, -0.2) is 0 Å². The van der Waals surface area contributed by atoms with E-state index in [0.29, 0.717) is 6.61 Å². The number of nitrogen functional groups attached to an aromatic ring is 1. The lowest BCUT2D eigenvalue weighted by Crippen LogP contribution is -2.19. The molecule has 2 rings (SSSR count). The van der Waals surface area contributed by atoms with Crippen LogP contribution in [0.5, 0.6) is 5.75 Å². The van der Waals surface area contributed by atoms with E-state index in [0.717, 1.165) is 41.2 Å². The summed E-state index contributed by atoms with van der Waals surface area (Å²) in [5.74, 6) is 0.839. The Kier molecular flexibility index (Phi) is 2.54. The minimum atomic E-state index is 0.689. The molecule has 0 atom stereocenters. The van der Waals surface area contributed by atoms with Crippen LogP contribution in [0.4, 0.5) is 11.4 Å². The van der Waals surface area contributed by atoms with E-state index >= 15 is 0 Å². The second kappa shape index (κ2) is 3.85. The molecule has 3 N–H and O–H groups in total. The Hall–Kier alpha value is -1.64. The van der Waals surface area contributed by atoms with Crippen molar-refractivity contribution in [3.05, 3.63) is 24.3 Å². The topological polar surface area (TPSA) is 47.3 Å². The maximum atomic E-state index is 5.95. The number of benzene rings is 1. The summed E-state index contributed by atoms with van der Waals surface area (Å²) >= 11 is 0. The quantitative estimate of drug-likeness (QED) is 0.727. The predicted molar refractivity (Wildman–Crippen MR) is 64.2 cm³/mol. The number of rotatable bonds is 2. The van der Waals surface area contributed by atoms with Gasteiger partial charge in [0.05, 0.1) is 5.69 Å². The molecule has 15 heavy (non-hydrogen) atoms. The highest BCUT2D eigenvalue weighted by Gasteiger charge is 2.14. The molecule has 0 aromatic heterocycles. The third-order valence-corrected chi connectivity index (χ3v) is 2.63. The summed E-state index contributed by atoms with van der Waals surface area (Å²) in [5, 5.41) is 3.24. The molecule has 0 saturated heterocycles. The number of nitrogens with one attached hydrogen (secondary N) is 1. The summed E-state index contributed by atoms with van der Waals surface area (Å²) < 4.78 is 5.56. The van der Waals surface area contributed by atoms with Crippen LogP contribution in [-0.2, 0) is 0 Å². The van der Waals surface area contributed by atoms with E-state index in [-0.39, 0.29) is 0 Å². The smallest absolute Gasteiger partial charge is 0.145 e. The summed E-state index contributed by atoms with van der Waals surface area (Å²) in [6, 6.07) is 3.95. The van der Waals surface area contributed by atoms with Crippen LogP contribution < -0.4 is 15.8 Å². The highest BCUT2D eigenvalue weighted by molar-refractivity contribution is 5.80. The van der Waals surface area contributed by atoms with Crippen molar-refractivity contribution in [1.82, 2.24) is 0 Å². The Morgan fingerprint density at radius 3 is 3.13 bits per heavy atom. The average molecular weight is 204 g/mol. The highest BCUT2D eigenvalue weighted by atomic mass is 16.5. The van der Waals surface area contributed by atoms with Crippen molar-refractivity contribution in [2.45, 2.75) is 13.3 Å². The van der Waals surface area contributed by atoms with Gasteiger partial charge in [-0.1, -0.05) is 13.5 Å². The van der Waals surface area contributed by atoms with Gasteiger partial charge < -0.3 is 15.8 Å². The number of hydrogen-bond acceptors (Lipinski definition) is 3. The Balaban J connectivity index is 2.45. The van der Waals surface area contributed by atoms with Crippen molar-refractivity contribution >= 4 is 16.9 Å². The fraction of sp³-hybridized carbons (Fsp3) is 0.333. The first-order chi connectivity index (χ1) is 7.22. The molecule has 0 fully saturated rings. The molecule has 1 aliphatic rings. The van der Waals surface area contributed by atoms with Crippen LogP contribution in [0.1, 0.15) is 18.9 Å². The molecule has 1 heterocycles. The summed E-state index contributed by atoms with van der Waals surface area (Å²) in [6.07, 6.45) is 0.922. The molecule has 0 radical (unpaired) electrons. The SMILES string of the molecule is C=C(CC)c1cc(N)c2c(c1)OCCN2. The second-order valence-corrected chi connectivity index (χ2v) is 3.67. The van der Waals surface area contributed by atoms with Gasteiger partial charge in [0.25, 0.3) is 0 Å². The van der Waals surface area contributed by atoms with Crippen LogP contribution in [0.2, 0.25) is 0 Å². The molecule has 1 aliphatic heterocycles. The molecule has 0 saturated carbocycles. The molecule has 0 aliphatic carbocycles. The predicted octanol–water partition coefficient (Wildman–Crippen LogP) is 2.50. The van der Waals surface area contributed by atoms with Gasteiger partial charge in [-0.15, -0.1) is 0 Å².